The summed E-state index contributed by atoms with van der Waals surface area (Å²) >= 11 is 0. The van der Waals surface area contributed by atoms with Crippen molar-refractivity contribution in [1.82, 2.24) is 0 Å². The first kappa shape index (κ1) is 11.2. The van der Waals surface area contributed by atoms with E-state index in [2.05, 4.69) is 0 Å². The van der Waals surface area contributed by atoms with Crippen LogP contribution in [0.15, 0.2) is 30.8 Å². The van der Waals surface area contributed by atoms with Crippen LogP contribution in [-0.2, 0) is 4.74 Å². The number of hydrogen-bond acceptors (Lipinski definition) is 2. The smallest absolute Gasteiger partial charge is 0.197 e. The third kappa shape index (κ3) is 4.49. The van der Waals surface area contributed by atoms with Crippen LogP contribution in [0.1, 0.15) is 34.6 Å². The van der Waals surface area contributed by atoms with Gasteiger partial charge < -0.3 is 9.47 Å². The van der Waals surface area contributed by atoms with Crippen molar-refractivity contribution in [1.29, 1.82) is 0 Å². The molecular formula is C14H20O2. The molecule has 0 N–H and O–H groups in total. The van der Waals surface area contributed by atoms with Crippen LogP contribution < -0.4 is 4.74 Å². The van der Waals surface area contributed by atoms with Gasteiger partial charge in [0.05, 0.1) is 6.97 Å². The maximum absolute atomic E-state index is 6.97. The van der Waals surface area contributed by atoms with Crippen LogP contribution in [0.25, 0.3) is 6.08 Å². The third-order valence-electron chi connectivity index (χ3n) is 1.89. The fourth-order valence-corrected chi connectivity index (χ4v) is 1.37. The van der Waals surface area contributed by atoms with Crippen molar-refractivity contribution in [3.63, 3.8) is 0 Å². The predicted octanol–water partition coefficient (Wildman–Crippen LogP) is 3.87. The summed E-state index contributed by atoms with van der Waals surface area (Å²) in [4.78, 5) is 0. The molecular weight excluding hydrogens is 200 g/mol. The van der Waals surface area contributed by atoms with Gasteiger partial charge >= 0.3 is 0 Å². The molecule has 88 valence electrons. The molecule has 0 aromatic heterocycles. The monoisotopic (exact) mass is 221 g/mol. The molecule has 0 aliphatic rings. The minimum atomic E-state index is -0.285. The molecule has 2 heteroatoms. The Labute approximate surface area is 99.3 Å². The molecule has 16 heavy (non-hydrogen) atoms. The van der Waals surface area contributed by atoms with Gasteiger partial charge in [0.2, 0.25) is 0 Å². The Kier molecular flexibility index (Phi) is 3.62. The molecule has 0 aliphatic heterocycles. The van der Waals surface area contributed by atoms with Crippen LogP contribution >= 0.6 is 0 Å². The number of benzene rings is 1. The third-order valence-corrected chi connectivity index (χ3v) is 1.89. The van der Waals surface area contributed by atoms with Gasteiger partial charge in [-0.2, -0.15) is 0 Å². The van der Waals surface area contributed by atoms with Gasteiger partial charge in [0, 0.05) is 0 Å². The SMILES string of the molecule is [2H]C=Cc1ccc(OC(C)OC(C)(C)C)cc1. The van der Waals surface area contributed by atoms with Crippen molar-refractivity contribution in [2.24, 2.45) is 0 Å². The Hall–Kier alpha value is -1.28. The summed E-state index contributed by atoms with van der Waals surface area (Å²) in [6.07, 6.45) is 1.44. The highest BCUT2D eigenvalue weighted by Gasteiger charge is 2.15. The van der Waals surface area contributed by atoms with Crippen LogP contribution in [0.4, 0.5) is 0 Å². The molecule has 1 rings (SSSR count). The first-order valence-electron chi connectivity index (χ1n) is 5.98. The fourth-order valence-electron chi connectivity index (χ4n) is 1.37. The van der Waals surface area contributed by atoms with E-state index < -0.39 is 0 Å². The number of ether oxygens (including phenoxy) is 2. The maximum atomic E-state index is 6.97. The maximum Gasteiger partial charge on any atom is 0.197 e. The molecule has 0 bridgehead atoms. The van der Waals surface area contributed by atoms with E-state index in [1.54, 1.807) is 6.08 Å². The fraction of sp³-hybridized carbons (Fsp3) is 0.429. The summed E-state index contributed by atoms with van der Waals surface area (Å²) < 4.78 is 18.3. The minimum absolute atomic E-state index is 0.215. The van der Waals surface area contributed by atoms with Gasteiger partial charge in [0.15, 0.2) is 6.29 Å². The Morgan fingerprint density at radius 1 is 1.31 bits per heavy atom. The number of rotatable bonds is 4. The molecule has 1 atom stereocenters. The molecule has 0 aliphatic carbocycles. The van der Waals surface area contributed by atoms with Gasteiger partial charge in [-0.05, 0) is 45.4 Å². The lowest BCUT2D eigenvalue weighted by molar-refractivity contribution is -0.140. The lowest BCUT2D eigenvalue weighted by Gasteiger charge is -2.25. The van der Waals surface area contributed by atoms with E-state index in [9.17, 15) is 0 Å². The summed E-state index contributed by atoms with van der Waals surface area (Å²) in [5.41, 5.74) is 0.768. The van der Waals surface area contributed by atoms with E-state index >= 15 is 0 Å². The van der Waals surface area contributed by atoms with Gasteiger partial charge in [-0.25, -0.2) is 0 Å². The number of hydrogen-bond donors (Lipinski definition) is 0. The van der Waals surface area contributed by atoms with Gasteiger partial charge in [-0.3, -0.25) is 0 Å². The highest BCUT2D eigenvalue weighted by molar-refractivity contribution is 5.48. The van der Waals surface area contributed by atoms with Gasteiger partial charge in [0.1, 0.15) is 5.75 Å². The minimum Gasteiger partial charge on any atom is -0.465 e. The predicted molar refractivity (Wildman–Crippen MR) is 67.5 cm³/mol. The zero-order valence-electron chi connectivity index (χ0n) is 11.4. The highest BCUT2D eigenvalue weighted by Crippen LogP contribution is 2.17. The van der Waals surface area contributed by atoms with Crippen molar-refractivity contribution in [2.75, 3.05) is 0 Å². The Balaban J connectivity index is 2.57. The average Bonchev–Trinajstić information content (AvgIpc) is 2.18. The molecule has 0 radical (unpaired) electrons. The molecule has 0 fully saturated rings. The van der Waals surface area contributed by atoms with Crippen molar-refractivity contribution in [2.45, 2.75) is 39.6 Å². The van der Waals surface area contributed by atoms with Crippen LogP contribution in [0.5, 0.6) is 5.75 Å². The first-order valence-corrected chi connectivity index (χ1v) is 5.40. The second-order valence-electron chi connectivity index (χ2n) is 4.65. The first-order chi connectivity index (χ1) is 7.90. The second kappa shape index (κ2) is 5.17. The lowest BCUT2D eigenvalue weighted by atomic mass is 10.2. The van der Waals surface area contributed by atoms with E-state index in [4.69, 9.17) is 10.8 Å². The molecule has 0 saturated carbocycles. The highest BCUT2D eigenvalue weighted by atomic mass is 16.7. The summed E-state index contributed by atoms with van der Waals surface area (Å²) in [5, 5.41) is 0. The summed E-state index contributed by atoms with van der Waals surface area (Å²) in [6.45, 7) is 9.13. The van der Waals surface area contributed by atoms with Crippen LogP contribution in [-0.4, -0.2) is 11.9 Å². The Morgan fingerprint density at radius 3 is 2.44 bits per heavy atom. The Morgan fingerprint density at radius 2 is 1.94 bits per heavy atom. The second-order valence-corrected chi connectivity index (χ2v) is 4.65. The molecule has 0 amide bonds. The van der Waals surface area contributed by atoms with Gasteiger partial charge in [-0.1, -0.05) is 24.8 Å². The van der Waals surface area contributed by atoms with E-state index in [0.29, 0.717) is 0 Å². The zero-order chi connectivity index (χ0) is 12.9. The molecule has 0 spiro atoms. The quantitative estimate of drug-likeness (QED) is 0.718. The van der Waals surface area contributed by atoms with E-state index in [1.165, 1.54) is 6.55 Å². The normalized spacial score (nSPS) is 14.9. The van der Waals surface area contributed by atoms with Crippen molar-refractivity contribution >= 4 is 6.08 Å². The van der Waals surface area contributed by atoms with Gasteiger partial charge in [-0.15, -0.1) is 0 Å². The Bertz CT molecular complexity index is 363. The molecule has 1 unspecified atom stereocenters. The summed E-state index contributed by atoms with van der Waals surface area (Å²) in [5.74, 6) is 0.767. The molecule has 0 heterocycles. The van der Waals surface area contributed by atoms with Crippen LogP contribution in [0, 0.1) is 0 Å². The zero-order valence-corrected chi connectivity index (χ0v) is 10.4. The van der Waals surface area contributed by atoms with E-state index in [0.717, 1.165) is 11.3 Å². The van der Waals surface area contributed by atoms with Crippen LogP contribution in [0.3, 0.4) is 0 Å². The average molecular weight is 221 g/mol. The van der Waals surface area contributed by atoms with Crippen molar-refractivity contribution in [3.05, 3.63) is 36.4 Å². The summed E-state index contributed by atoms with van der Waals surface area (Å²) in [6, 6.07) is 7.56. The molecule has 1 aromatic carbocycles. The van der Waals surface area contributed by atoms with Crippen molar-refractivity contribution < 1.29 is 10.8 Å². The van der Waals surface area contributed by atoms with E-state index in [1.807, 2.05) is 52.0 Å². The largest absolute Gasteiger partial charge is 0.465 e. The molecule has 1 aromatic rings. The van der Waals surface area contributed by atoms with Crippen molar-refractivity contribution in [3.8, 4) is 5.75 Å². The standard InChI is InChI=1S/C14H20O2/c1-6-12-7-9-13(10-8-12)15-11(2)16-14(3,4)5/h6-11H,1H2,2-5H3/i1D. The molecule has 2 nitrogen and oxygen atoms in total. The lowest BCUT2D eigenvalue weighted by Crippen LogP contribution is -2.29. The summed E-state index contributed by atoms with van der Waals surface area (Å²) in [7, 11) is 0. The van der Waals surface area contributed by atoms with Crippen LogP contribution in [0.2, 0.25) is 0 Å². The van der Waals surface area contributed by atoms with E-state index in [-0.39, 0.29) is 11.9 Å². The topological polar surface area (TPSA) is 18.5 Å². The molecule has 0 saturated heterocycles. The van der Waals surface area contributed by atoms with Gasteiger partial charge in [0.25, 0.3) is 0 Å².